The summed E-state index contributed by atoms with van der Waals surface area (Å²) in [6.07, 6.45) is 0. The summed E-state index contributed by atoms with van der Waals surface area (Å²) in [5.74, 6) is 0. The van der Waals surface area contributed by atoms with Crippen molar-refractivity contribution in [3.8, 4) is 0 Å². The van der Waals surface area contributed by atoms with Gasteiger partial charge in [-0.2, -0.15) is 0 Å². The molecule has 0 heterocycles. The summed E-state index contributed by atoms with van der Waals surface area (Å²) >= 11 is 11.6. The summed E-state index contributed by atoms with van der Waals surface area (Å²) in [4.78, 5) is 11.4. The highest BCUT2D eigenvalue weighted by Crippen LogP contribution is 2.19. The topological polar surface area (TPSA) is 17.1 Å². The van der Waals surface area contributed by atoms with Crippen molar-refractivity contribution in [2.75, 3.05) is 0 Å². The molecule has 1 nitrogen and oxygen atoms in total. The average Bonchev–Trinajstić information content (AvgIpc) is 2.15. The molecule has 0 aliphatic heterocycles. The fraction of sp³-hybridized carbons (Fsp3) is 0.300. The second-order valence-electron chi connectivity index (χ2n) is 3.07. The van der Waals surface area contributed by atoms with Gasteiger partial charge in [0.15, 0.2) is 0 Å². The molecule has 0 fully saturated rings. The highest BCUT2D eigenvalue weighted by atomic mass is 35.5. The van der Waals surface area contributed by atoms with Crippen molar-refractivity contribution in [2.24, 2.45) is 0 Å². The number of rotatable bonds is 0. The van der Waals surface area contributed by atoms with E-state index in [1.807, 2.05) is 20.8 Å². The summed E-state index contributed by atoms with van der Waals surface area (Å²) in [5.41, 5.74) is 2.49. The third kappa shape index (κ3) is 1.87. The summed E-state index contributed by atoms with van der Waals surface area (Å²) in [6, 6.07) is 1.65. The maximum atomic E-state index is 11.4. The second kappa shape index (κ2) is 3.69. The Hall–Kier alpha value is -0.530. The summed E-state index contributed by atoms with van der Waals surface area (Å²) in [7, 11) is 0. The Balaban J connectivity index is 3.82. The molecular formula is C10H10Cl2O. The Morgan fingerprint density at radius 1 is 1.08 bits per heavy atom. The lowest BCUT2D eigenvalue weighted by molar-refractivity contribution is 1.30. The molecule has 1 rings (SSSR count). The van der Waals surface area contributed by atoms with Crippen molar-refractivity contribution in [1.29, 1.82) is 0 Å². The van der Waals surface area contributed by atoms with E-state index in [1.54, 1.807) is 6.07 Å². The van der Waals surface area contributed by atoms with Crippen molar-refractivity contribution in [1.82, 2.24) is 0 Å². The van der Waals surface area contributed by atoms with Crippen molar-refractivity contribution in [3.05, 3.63) is 43.0 Å². The Kier molecular flexibility index (Phi) is 2.99. The van der Waals surface area contributed by atoms with E-state index in [0.717, 1.165) is 16.7 Å². The molecule has 0 radical (unpaired) electrons. The van der Waals surface area contributed by atoms with E-state index in [2.05, 4.69) is 0 Å². The minimum Gasteiger partial charge on any atom is -0.287 e. The van der Waals surface area contributed by atoms with Crippen LogP contribution in [0.2, 0.25) is 10.0 Å². The van der Waals surface area contributed by atoms with Crippen LogP contribution in [0.25, 0.3) is 0 Å². The van der Waals surface area contributed by atoms with Gasteiger partial charge in [-0.25, -0.2) is 0 Å². The molecule has 0 amide bonds. The summed E-state index contributed by atoms with van der Waals surface area (Å²) < 4.78 is 0. The molecule has 3 heteroatoms. The standard InChI is InChI=1S/C10H10Cl2O/c1-5-4-8(11)10(13)9(12)7(3)6(5)2/h4H,1-3H3. The lowest BCUT2D eigenvalue weighted by atomic mass is 10.1. The first-order valence-corrected chi connectivity index (χ1v) is 4.67. The predicted octanol–water partition coefficient (Wildman–Crippen LogP) is 3.28. The Morgan fingerprint density at radius 3 is 2.15 bits per heavy atom. The molecule has 1 aromatic rings. The molecule has 0 aliphatic carbocycles. The molecule has 0 saturated heterocycles. The van der Waals surface area contributed by atoms with E-state index in [1.165, 1.54) is 0 Å². The van der Waals surface area contributed by atoms with E-state index in [9.17, 15) is 4.79 Å². The van der Waals surface area contributed by atoms with E-state index < -0.39 is 0 Å². The molecular weight excluding hydrogens is 207 g/mol. The van der Waals surface area contributed by atoms with Crippen molar-refractivity contribution < 1.29 is 0 Å². The van der Waals surface area contributed by atoms with E-state index in [-0.39, 0.29) is 15.5 Å². The molecule has 0 aromatic heterocycles. The highest BCUT2D eigenvalue weighted by Gasteiger charge is 2.07. The van der Waals surface area contributed by atoms with Crippen LogP contribution in [-0.2, 0) is 0 Å². The third-order valence-corrected chi connectivity index (χ3v) is 2.98. The zero-order valence-corrected chi connectivity index (χ0v) is 9.25. The second-order valence-corrected chi connectivity index (χ2v) is 3.85. The van der Waals surface area contributed by atoms with Gasteiger partial charge < -0.3 is 0 Å². The number of halogens is 2. The first-order valence-electron chi connectivity index (χ1n) is 3.91. The fourth-order valence-corrected chi connectivity index (χ4v) is 1.65. The monoisotopic (exact) mass is 216 g/mol. The van der Waals surface area contributed by atoms with Crippen molar-refractivity contribution in [2.45, 2.75) is 20.8 Å². The van der Waals surface area contributed by atoms with Gasteiger partial charge in [-0.15, -0.1) is 0 Å². The minimum absolute atomic E-state index is 0.179. The van der Waals surface area contributed by atoms with Crippen molar-refractivity contribution in [3.63, 3.8) is 0 Å². The van der Waals surface area contributed by atoms with Gasteiger partial charge in [0.2, 0.25) is 5.43 Å². The van der Waals surface area contributed by atoms with Gasteiger partial charge in [0.05, 0.1) is 10.0 Å². The lowest BCUT2D eigenvalue weighted by Crippen LogP contribution is -1.99. The van der Waals surface area contributed by atoms with Crippen LogP contribution in [0.1, 0.15) is 16.7 Å². The molecule has 0 atom stereocenters. The van der Waals surface area contributed by atoms with Gasteiger partial charge in [-0.3, -0.25) is 4.79 Å². The van der Waals surface area contributed by atoms with Gasteiger partial charge in [0.1, 0.15) is 0 Å². The van der Waals surface area contributed by atoms with E-state index in [4.69, 9.17) is 23.2 Å². The van der Waals surface area contributed by atoms with E-state index in [0.29, 0.717) is 0 Å². The summed E-state index contributed by atoms with van der Waals surface area (Å²) in [6.45, 7) is 5.65. The number of hydrogen-bond acceptors (Lipinski definition) is 1. The molecule has 70 valence electrons. The van der Waals surface area contributed by atoms with Gasteiger partial charge in [-0.1, -0.05) is 23.2 Å². The molecule has 0 unspecified atom stereocenters. The van der Waals surface area contributed by atoms with Crippen LogP contribution in [0, 0.1) is 20.8 Å². The van der Waals surface area contributed by atoms with Gasteiger partial charge in [0, 0.05) is 0 Å². The minimum atomic E-state index is -0.294. The molecule has 0 spiro atoms. The van der Waals surface area contributed by atoms with Gasteiger partial charge >= 0.3 is 0 Å². The molecule has 0 aliphatic rings. The molecule has 0 bridgehead atoms. The average molecular weight is 217 g/mol. The quantitative estimate of drug-likeness (QED) is 0.651. The zero-order valence-electron chi connectivity index (χ0n) is 7.74. The predicted molar refractivity (Wildman–Crippen MR) is 56.9 cm³/mol. The van der Waals surface area contributed by atoms with Crippen LogP contribution < -0.4 is 5.43 Å². The Morgan fingerprint density at radius 2 is 1.62 bits per heavy atom. The smallest absolute Gasteiger partial charge is 0.215 e. The molecule has 13 heavy (non-hydrogen) atoms. The first kappa shape index (κ1) is 10.6. The van der Waals surface area contributed by atoms with Gasteiger partial charge in [0.25, 0.3) is 0 Å². The van der Waals surface area contributed by atoms with Crippen LogP contribution >= 0.6 is 23.2 Å². The fourth-order valence-electron chi connectivity index (χ4n) is 1.10. The molecule has 0 saturated carbocycles. The lowest BCUT2D eigenvalue weighted by Gasteiger charge is -1.97. The van der Waals surface area contributed by atoms with Crippen LogP contribution in [-0.4, -0.2) is 0 Å². The Labute approximate surface area is 87.3 Å². The SMILES string of the molecule is Cc1cc(Cl)c(=O)c(Cl)c(C)c1C. The number of aryl methyl sites for hydroxylation is 1. The van der Waals surface area contributed by atoms with Crippen LogP contribution in [0.5, 0.6) is 0 Å². The van der Waals surface area contributed by atoms with Gasteiger partial charge in [-0.05, 0) is 43.5 Å². The largest absolute Gasteiger partial charge is 0.287 e. The molecule has 0 N–H and O–H groups in total. The van der Waals surface area contributed by atoms with E-state index >= 15 is 0 Å². The van der Waals surface area contributed by atoms with Crippen LogP contribution in [0.3, 0.4) is 0 Å². The normalized spacial score (nSPS) is 10.2. The maximum Gasteiger partial charge on any atom is 0.215 e. The summed E-state index contributed by atoms with van der Waals surface area (Å²) in [5, 5.41) is 0.398. The molecule has 1 aromatic carbocycles. The van der Waals surface area contributed by atoms with Crippen LogP contribution in [0.15, 0.2) is 10.9 Å². The first-order chi connectivity index (χ1) is 5.95. The Bertz CT molecular complexity index is 411. The third-order valence-electron chi connectivity index (χ3n) is 2.24. The van der Waals surface area contributed by atoms with Crippen molar-refractivity contribution >= 4 is 23.2 Å². The number of hydrogen-bond donors (Lipinski definition) is 0. The maximum absolute atomic E-state index is 11.4. The highest BCUT2D eigenvalue weighted by molar-refractivity contribution is 6.34. The zero-order chi connectivity index (χ0) is 10.2. The van der Waals surface area contributed by atoms with Crippen LogP contribution in [0.4, 0.5) is 0 Å².